The van der Waals surface area contributed by atoms with Gasteiger partial charge in [-0.2, -0.15) is 4.98 Å². The molecule has 11 nitrogen and oxygen atoms in total. The molecule has 0 radical (unpaired) electrons. The number of hydrogen-bond donors (Lipinski definition) is 0. The number of pyridine rings is 1. The molecule has 3 aromatic heterocycles. The number of piperazine rings is 1. The maximum atomic E-state index is 15.4. The lowest BCUT2D eigenvalue weighted by Gasteiger charge is -2.44. The Labute approximate surface area is 304 Å². The largest absolute Gasteiger partial charge is 0.444 e. The summed E-state index contributed by atoms with van der Waals surface area (Å²) in [5.41, 5.74) is -0.714. The van der Waals surface area contributed by atoms with Crippen molar-refractivity contribution in [2.75, 3.05) is 24.6 Å². The molecule has 0 bridgehead atoms. The fourth-order valence-corrected chi connectivity index (χ4v) is 6.83. The van der Waals surface area contributed by atoms with Gasteiger partial charge in [0.2, 0.25) is 0 Å². The summed E-state index contributed by atoms with van der Waals surface area (Å²) in [5.74, 6) is -3.86. The van der Waals surface area contributed by atoms with Gasteiger partial charge in [-0.3, -0.25) is 0 Å². The topological polar surface area (TPSA) is 116 Å². The van der Waals surface area contributed by atoms with Crippen LogP contribution in [0.5, 0.6) is 0 Å². The number of carbonyl (C=O) groups is 1. The Morgan fingerprint density at radius 3 is 2.24 bits per heavy atom. The molecule has 0 aliphatic carbocycles. The number of aromatic nitrogens is 5. The van der Waals surface area contributed by atoms with E-state index in [-0.39, 0.29) is 64.9 Å². The quantitative estimate of drug-likeness (QED) is 0.152. The summed E-state index contributed by atoms with van der Waals surface area (Å²) in [6, 6.07) is 0.448. The lowest BCUT2D eigenvalue weighted by atomic mass is 10.1. The summed E-state index contributed by atoms with van der Waals surface area (Å²) in [7, 11) is -2.44. The van der Waals surface area contributed by atoms with E-state index in [2.05, 4.69) is 19.9 Å². The predicted octanol–water partition coefficient (Wildman–Crippen LogP) is 7.74. The molecule has 1 aliphatic rings. The zero-order valence-corrected chi connectivity index (χ0v) is 33.3. The van der Waals surface area contributed by atoms with Crippen molar-refractivity contribution in [2.45, 2.75) is 130 Å². The molecule has 0 saturated carbocycles. The van der Waals surface area contributed by atoms with Crippen molar-refractivity contribution in [3.8, 4) is 5.69 Å². The van der Waals surface area contributed by atoms with Gasteiger partial charge in [0.25, 0.3) is 5.92 Å². The fraction of sp³-hybridized carbons (Fsp3) is 0.657. The average molecular weight is 754 g/mol. The molecular weight excluding hydrogens is 703 g/mol. The van der Waals surface area contributed by atoms with Crippen LogP contribution in [0.1, 0.15) is 86.5 Å². The monoisotopic (exact) mass is 753 g/mol. The molecule has 16 heteroatoms. The highest BCUT2D eigenvalue weighted by atomic mass is 35.5. The number of halogens is 4. The second-order valence-electron chi connectivity index (χ2n) is 15.9. The molecule has 51 heavy (non-hydrogen) atoms. The highest BCUT2D eigenvalue weighted by Gasteiger charge is 2.41. The van der Waals surface area contributed by atoms with Gasteiger partial charge in [0.1, 0.15) is 17.7 Å². The normalized spacial score (nSPS) is 17.7. The highest BCUT2D eigenvalue weighted by molar-refractivity contribution is 6.74. The van der Waals surface area contributed by atoms with E-state index in [0.29, 0.717) is 18.5 Å². The Kier molecular flexibility index (Phi) is 11.9. The standard InChI is InChI=1S/C35H51ClF3N7O4Si/c1-12-13-25-27(26(41-20-40-25)14-15-35(38,39)19-49-51(10,11)34(7,8)9)46-30-23(16-24(37)28(36)42-30)29(43-31(46)47)44-17-22(3)45(18-21(44)2)32(48)50-33(4,5)6/h16,20-22H,12-15,17-19H2,1-11H3/t21-,22+/m0/s1. The number of nitrogens with zero attached hydrogens (tertiary/aromatic N) is 7. The number of aryl methyl sites for hydroxylation is 2. The summed E-state index contributed by atoms with van der Waals surface area (Å²) < 4.78 is 58.6. The van der Waals surface area contributed by atoms with E-state index in [0.717, 1.165) is 10.6 Å². The molecule has 0 aromatic carbocycles. The Balaban J connectivity index is 1.80. The first-order chi connectivity index (χ1) is 23.5. The maximum Gasteiger partial charge on any atom is 0.410 e. The van der Waals surface area contributed by atoms with Crippen LogP contribution in [0.25, 0.3) is 16.7 Å². The van der Waals surface area contributed by atoms with Crippen LogP contribution in [-0.2, 0) is 22.0 Å². The molecule has 1 amide bonds. The molecule has 1 fully saturated rings. The SMILES string of the molecule is CCCc1ncnc(CCC(F)(F)CO[Si](C)(C)C(C)(C)C)c1-n1c(=O)nc(N2C[C@@H](C)N(C(=O)OC(C)(C)C)C[C@@H]2C)c2cc(F)c(Cl)nc21. The van der Waals surface area contributed by atoms with Crippen molar-refractivity contribution in [3.63, 3.8) is 0 Å². The number of alkyl halides is 2. The van der Waals surface area contributed by atoms with Crippen molar-refractivity contribution in [1.29, 1.82) is 0 Å². The van der Waals surface area contributed by atoms with Crippen molar-refractivity contribution < 1.29 is 27.1 Å². The maximum absolute atomic E-state index is 15.4. The van der Waals surface area contributed by atoms with E-state index in [9.17, 15) is 9.59 Å². The third-order valence-corrected chi connectivity index (χ3v) is 14.3. The second-order valence-corrected chi connectivity index (χ2v) is 21.1. The van der Waals surface area contributed by atoms with Gasteiger partial charge in [-0.1, -0.05) is 45.7 Å². The zero-order valence-electron chi connectivity index (χ0n) is 31.5. The smallest absolute Gasteiger partial charge is 0.410 e. The van der Waals surface area contributed by atoms with Crippen LogP contribution in [0.4, 0.5) is 23.8 Å². The lowest BCUT2D eigenvalue weighted by Crippen LogP contribution is -2.59. The van der Waals surface area contributed by atoms with Crippen molar-refractivity contribution in [1.82, 2.24) is 29.4 Å². The van der Waals surface area contributed by atoms with Gasteiger partial charge in [-0.05, 0) is 71.7 Å². The van der Waals surface area contributed by atoms with E-state index in [1.165, 1.54) is 6.33 Å². The van der Waals surface area contributed by atoms with E-state index < -0.39 is 55.6 Å². The van der Waals surface area contributed by atoms with Crippen molar-refractivity contribution in [2.24, 2.45) is 0 Å². The Bertz CT molecular complexity index is 1810. The third-order valence-electron chi connectivity index (χ3n) is 9.51. The van der Waals surface area contributed by atoms with Crippen LogP contribution in [-0.4, -0.2) is 87.1 Å². The van der Waals surface area contributed by atoms with E-state index in [1.54, 1.807) is 25.7 Å². The second kappa shape index (κ2) is 15.0. The summed E-state index contributed by atoms with van der Waals surface area (Å²) in [6.07, 6.45) is 1.02. The van der Waals surface area contributed by atoms with E-state index in [1.807, 2.05) is 59.5 Å². The molecule has 0 spiro atoms. The van der Waals surface area contributed by atoms with Crippen LogP contribution in [0.2, 0.25) is 23.3 Å². The Hall–Kier alpha value is -3.30. The Morgan fingerprint density at radius 1 is 1.02 bits per heavy atom. The van der Waals surface area contributed by atoms with Crippen LogP contribution in [0, 0.1) is 5.82 Å². The van der Waals surface area contributed by atoms with Gasteiger partial charge in [-0.25, -0.2) is 42.3 Å². The molecule has 0 N–H and O–H groups in total. The molecule has 4 heterocycles. The number of rotatable bonds is 10. The molecule has 2 atom stereocenters. The minimum absolute atomic E-state index is 0.0211. The molecule has 4 rings (SSSR count). The number of ether oxygens (including phenoxy) is 1. The number of anilines is 1. The van der Waals surface area contributed by atoms with E-state index >= 15 is 13.2 Å². The number of fused-ring (bicyclic) bond motifs is 1. The molecule has 3 aromatic rings. The first kappa shape index (κ1) is 40.5. The summed E-state index contributed by atoms with van der Waals surface area (Å²) in [4.78, 5) is 48.1. The van der Waals surface area contributed by atoms with Gasteiger partial charge >= 0.3 is 11.8 Å². The minimum atomic E-state index is -3.18. The highest BCUT2D eigenvalue weighted by Crippen LogP contribution is 2.38. The zero-order chi connectivity index (χ0) is 38.3. The number of hydrogen-bond acceptors (Lipinski definition) is 9. The molecular formula is C35H51ClF3N7O4Si. The molecule has 282 valence electrons. The first-order valence-electron chi connectivity index (χ1n) is 17.4. The van der Waals surface area contributed by atoms with Crippen molar-refractivity contribution >= 4 is 42.9 Å². The van der Waals surface area contributed by atoms with Gasteiger partial charge in [0.15, 0.2) is 24.9 Å². The van der Waals surface area contributed by atoms with Crippen LogP contribution < -0.4 is 10.6 Å². The summed E-state index contributed by atoms with van der Waals surface area (Å²) in [6.45, 7) is 20.5. The molecule has 1 aliphatic heterocycles. The minimum Gasteiger partial charge on any atom is -0.444 e. The molecule has 0 unspecified atom stereocenters. The van der Waals surface area contributed by atoms with Gasteiger partial charge in [-0.15, -0.1) is 0 Å². The lowest BCUT2D eigenvalue weighted by molar-refractivity contribution is -0.0514. The Morgan fingerprint density at radius 2 is 1.65 bits per heavy atom. The molecule has 1 saturated heterocycles. The van der Waals surface area contributed by atoms with Gasteiger partial charge in [0, 0.05) is 31.6 Å². The third kappa shape index (κ3) is 9.20. The number of amides is 1. The average Bonchev–Trinajstić information content (AvgIpc) is 3.00. The first-order valence-corrected chi connectivity index (χ1v) is 20.6. The summed E-state index contributed by atoms with van der Waals surface area (Å²) in [5, 5.41) is -0.547. The van der Waals surface area contributed by atoms with Crippen LogP contribution >= 0.6 is 11.6 Å². The van der Waals surface area contributed by atoms with Crippen molar-refractivity contribution in [3.05, 3.63) is 45.2 Å². The van der Waals surface area contributed by atoms with Crippen LogP contribution in [0.3, 0.4) is 0 Å². The van der Waals surface area contributed by atoms with Crippen LogP contribution in [0.15, 0.2) is 17.2 Å². The van der Waals surface area contributed by atoms with E-state index in [4.69, 9.17) is 20.8 Å². The van der Waals surface area contributed by atoms with Gasteiger partial charge < -0.3 is 19.0 Å². The predicted molar refractivity (Wildman–Crippen MR) is 195 cm³/mol. The summed E-state index contributed by atoms with van der Waals surface area (Å²) >= 11 is 6.23. The fourth-order valence-electron chi connectivity index (χ4n) is 5.69. The number of carbonyl (C=O) groups excluding carboxylic acids is 1. The van der Waals surface area contributed by atoms with Gasteiger partial charge in [0.05, 0.1) is 29.1 Å².